The molecule has 0 aliphatic carbocycles. The van der Waals surface area contributed by atoms with Gasteiger partial charge in [0.1, 0.15) is 22.9 Å². The molecular weight excluding hydrogens is 602 g/mol. The predicted octanol–water partition coefficient (Wildman–Crippen LogP) is 5.59. The van der Waals surface area contributed by atoms with Crippen LogP contribution in [0.1, 0.15) is 49.7 Å². The molecule has 0 amide bonds. The largest absolute Gasteiger partial charge is 0.483 e. The van der Waals surface area contributed by atoms with Crippen molar-refractivity contribution in [2.75, 3.05) is 35.8 Å². The number of nitrogens with zero attached hydrogens (tertiary/aromatic N) is 4. The second-order valence-corrected chi connectivity index (χ2v) is 12.6. The second kappa shape index (κ2) is 14.3. The molecule has 0 spiro atoms. The zero-order valence-electron chi connectivity index (χ0n) is 24.0. The molecule has 2 aliphatic rings. The first-order valence-electron chi connectivity index (χ1n) is 14.3. The minimum atomic E-state index is -4.39. The Kier molecular flexibility index (Phi) is 10.8. The third kappa shape index (κ3) is 8.23. The number of piperidine rings is 2. The van der Waals surface area contributed by atoms with E-state index in [0.29, 0.717) is 37.2 Å². The summed E-state index contributed by atoms with van der Waals surface area (Å²) in [5, 5.41) is 6.89. The molecule has 2 N–H and O–H groups in total. The molecule has 238 valence electrons. The number of sulfonamides is 1. The first-order valence-corrected chi connectivity index (χ1v) is 15.8. The molecule has 0 bridgehead atoms. The van der Waals surface area contributed by atoms with E-state index in [2.05, 4.69) is 24.5 Å². The Morgan fingerprint density at radius 3 is 2.43 bits per heavy atom. The standard InChI is InChI=1S/C29H33F4N5O2S.CH2O2/c30-25-19-24(8-9-26(25)41(39,40)36-27-11-14-34-21-35-27)37-15-5-12-28(20-37,38-16-2-1-3-17-38)13-10-22-6-4-7-23(18-22)29(31,32)33;2-1-3/h4,6-9,11,14,18-19,21H,1-3,5,10,12-13,15-17,20H2,(H,34,35,36);1H,(H,2,3)/t28-;/m0./s1. The lowest BCUT2D eigenvalue weighted by Crippen LogP contribution is -2.60. The van der Waals surface area contributed by atoms with Crippen LogP contribution in [0.15, 0.2) is 66.0 Å². The van der Waals surface area contributed by atoms with E-state index < -0.39 is 32.5 Å². The van der Waals surface area contributed by atoms with Crippen molar-refractivity contribution in [3.63, 3.8) is 0 Å². The summed E-state index contributed by atoms with van der Waals surface area (Å²) in [7, 11) is -4.21. The highest BCUT2D eigenvalue weighted by Gasteiger charge is 2.41. The molecule has 9 nitrogen and oxygen atoms in total. The molecule has 14 heteroatoms. The van der Waals surface area contributed by atoms with E-state index in [1.807, 2.05) is 0 Å². The third-order valence-electron chi connectivity index (χ3n) is 8.11. The van der Waals surface area contributed by atoms with Crippen molar-refractivity contribution in [1.82, 2.24) is 14.9 Å². The Balaban J connectivity index is 0.00000141. The Hall–Kier alpha value is -3.78. The van der Waals surface area contributed by atoms with Crippen molar-refractivity contribution >= 4 is 28.0 Å². The van der Waals surface area contributed by atoms with Crippen LogP contribution in [0, 0.1) is 5.82 Å². The van der Waals surface area contributed by atoms with E-state index in [9.17, 15) is 21.6 Å². The third-order valence-corrected chi connectivity index (χ3v) is 9.49. The van der Waals surface area contributed by atoms with Gasteiger partial charge in [-0.3, -0.25) is 14.4 Å². The van der Waals surface area contributed by atoms with Gasteiger partial charge in [-0.25, -0.2) is 22.8 Å². The average Bonchev–Trinajstić information content (AvgIpc) is 3.01. The summed E-state index contributed by atoms with van der Waals surface area (Å²) in [4.78, 5) is 20.0. The number of nitrogens with one attached hydrogen (secondary N) is 1. The van der Waals surface area contributed by atoms with Crippen LogP contribution < -0.4 is 9.62 Å². The number of halogens is 4. The molecular formula is C30H35F4N5O4S. The number of anilines is 2. The number of carbonyl (C=O) groups is 1. The van der Waals surface area contributed by atoms with Gasteiger partial charge in [-0.15, -0.1) is 0 Å². The molecule has 2 fully saturated rings. The van der Waals surface area contributed by atoms with E-state index in [4.69, 9.17) is 9.90 Å². The number of hydrogen-bond acceptors (Lipinski definition) is 7. The fraction of sp³-hybridized carbons (Fsp3) is 0.433. The van der Waals surface area contributed by atoms with Gasteiger partial charge in [0.25, 0.3) is 16.5 Å². The summed E-state index contributed by atoms with van der Waals surface area (Å²) in [5.41, 5.74) is 0.281. The second-order valence-electron chi connectivity index (χ2n) is 10.9. The summed E-state index contributed by atoms with van der Waals surface area (Å²) < 4.78 is 83.1. The fourth-order valence-electron chi connectivity index (χ4n) is 6.05. The van der Waals surface area contributed by atoms with Gasteiger partial charge in [0.2, 0.25) is 0 Å². The number of rotatable bonds is 8. The number of alkyl halides is 3. The summed E-state index contributed by atoms with van der Waals surface area (Å²) in [6.07, 6.45) is 4.33. The molecule has 0 saturated carbocycles. The fourth-order valence-corrected chi connectivity index (χ4v) is 7.12. The van der Waals surface area contributed by atoms with Crippen molar-refractivity contribution in [2.45, 2.75) is 61.6 Å². The van der Waals surface area contributed by atoms with Gasteiger partial charge in [0, 0.05) is 30.5 Å². The van der Waals surface area contributed by atoms with Crippen molar-refractivity contribution in [3.8, 4) is 0 Å². The number of aromatic nitrogens is 2. The van der Waals surface area contributed by atoms with Crippen LogP contribution in [0.3, 0.4) is 0 Å². The highest BCUT2D eigenvalue weighted by atomic mass is 32.2. The van der Waals surface area contributed by atoms with Crippen molar-refractivity contribution in [2.24, 2.45) is 0 Å². The molecule has 0 unspecified atom stereocenters. The maximum absolute atomic E-state index is 15.3. The maximum Gasteiger partial charge on any atom is 0.416 e. The first-order chi connectivity index (χ1) is 21.0. The average molecular weight is 638 g/mol. The normalized spacial score (nSPS) is 19.5. The number of benzene rings is 2. The minimum absolute atomic E-state index is 0.0339. The van der Waals surface area contributed by atoms with Gasteiger partial charge in [-0.05, 0) is 87.5 Å². The lowest BCUT2D eigenvalue weighted by Gasteiger charge is -2.52. The molecule has 2 aliphatic heterocycles. The van der Waals surface area contributed by atoms with E-state index in [0.717, 1.165) is 51.3 Å². The number of likely N-dealkylation sites (tertiary alicyclic amines) is 1. The maximum atomic E-state index is 15.3. The number of carboxylic acid groups (broad SMARTS) is 1. The SMILES string of the molecule is O=CO.O=S(=O)(Nc1ccncn1)c1ccc(N2CCC[C@@](CCc3cccc(C(F)(F)F)c3)(N3CCCCC3)C2)cc1F. The summed E-state index contributed by atoms with van der Waals surface area (Å²) in [5.74, 6) is -0.839. The molecule has 44 heavy (non-hydrogen) atoms. The van der Waals surface area contributed by atoms with Crippen LogP contribution in [0.2, 0.25) is 0 Å². The smallest absolute Gasteiger partial charge is 0.416 e. The van der Waals surface area contributed by atoms with Gasteiger partial charge in [-0.1, -0.05) is 24.6 Å². The Labute approximate surface area is 254 Å². The van der Waals surface area contributed by atoms with Gasteiger partial charge >= 0.3 is 6.18 Å². The van der Waals surface area contributed by atoms with Crippen molar-refractivity contribution in [3.05, 3.63) is 78.0 Å². The van der Waals surface area contributed by atoms with Crippen LogP contribution in [0.5, 0.6) is 0 Å². The van der Waals surface area contributed by atoms with Gasteiger partial charge in [0.15, 0.2) is 0 Å². The summed E-state index contributed by atoms with van der Waals surface area (Å²) >= 11 is 0. The van der Waals surface area contributed by atoms with Crippen LogP contribution in [0.4, 0.5) is 29.1 Å². The molecule has 2 aromatic carbocycles. The lowest BCUT2D eigenvalue weighted by molar-refractivity contribution is -0.137. The Morgan fingerprint density at radius 2 is 1.77 bits per heavy atom. The Morgan fingerprint density at radius 1 is 1.02 bits per heavy atom. The Bertz CT molecular complexity index is 1500. The highest BCUT2D eigenvalue weighted by molar-refractivity contribution is 7.92. The van der Waals surface area contributed by atoms with E-state index in [1.165, 1.54) is 42.9 Å². The molecule has 0 radical (unpaired) electrons. The van der Waals surface area contributed by atoms with Crippen molar-refractivity contribution < 1.29 is 35.9 Å². The first kappa shape index (κ1) is 33.1. The molecule has 3 aromatic rings. The quantitative estimate of drug-likeness (QED) is 0.243. The molecule has 5 rings (SSSR count). The molecule has 3 heterocycles. The topological polar surface area (TPSA) is 116 Å². The van der Waals surface area contributed by atoms with Crippen LogP contribution in [-0.4, -0.2) is 66.6 Å². The zero-order valence-corrected chi connectivity index (χ0v) is 24.8. The van der Waals surface area contributed by atoms with E-state index >= 15 is 4.39 Å². The number of aryl methyl sites for hydroxylation is 1. The van der Waals surface area contributed by atoms with Gasteiger partial charge < -0.3 is 10.0 Å². The van der Waals surface area contributed by atoms with E-state index in [-0.39, 0.29) is 17.8 Å². The van der Waals surface area contributed by atoms with Gasteiger partial charge in [0.05, 0.1) is 5.56 Å². The molecule has 1 atom stereocenters. The van der Waals surface area contributed by atoms with Crippen LogP contribution >= 0.6 is 0 Å². The van der Waals surface area contributed by atoms with E-state index in [1.54, 1.807) is 12.1 Å². The highest BCUT2D eigenvalue weighted by Crippen LogP contribution is 2.37. The monoisotopic (exact) mass is 637 g/mol. The minimum Gasteiger partial charge on any atom is -0.483 e. The number of hydrogen-bond donors (Lipinski definition) is 2. The van der Waals surface area contributed by atoms with Crippen LogP contribution in [0.25, 0.3) is 0 Å². The summed E-state index contributed by atoms with van der Waals surface area (Å²) in [6, 6.07) is 11.0. The predicted molar refractivity (Wildman–Crippen MR) is 157 cm³/mol. The van der Waals surface area contributed by atoms with Gasteiger partial charge in [-0.2, -0.15) is 13.2 Å². The van der Waals surface area contributed by atoms with Crippen molar-refractivity contribution in [1.29, 1.82) is 0 Å². The summed E-state index contributed by atoms with van der Waals surface area (Å²) in [6.45, 7) is 2.83. The lowest BCUT2D eigenvalue weighted by atomic mass is 9.80. The zero-order chi connectivity index (χ0) is 31.8. The van der Waals surface area contributed by atoms with Crippen LogP contribution in [-0.2, 0) is 27.4 Å². The molecule has 2 saturated heterocycles. The molecule has 1 aromatic heterocycles.